The van der Waals surface area contributed by atoms with Gasteiger partial charge in [-0.25, -0.2) is 4.99 Å². The van der Waals surface area contributed by atoms with Crippen LogP contribution >= 0.6 is 0 Å². The molecule has 0 aromatic heterocycles. The van der Waals surface area contributed by atoms with Gasteiger partial charge in [0.1, 0.15) is 5.84 Å². The molecule has 6 nitrogen and oxygen atoms in total. The Hall–Kier alpha value is -2.25. The van der Waals surface area contributed by atoms with Crippen molar-refractivity contribution in [3.05, 3.63) is 47.2 Å². The fraction of sp³-hybridized carbons (Fsp3) is 0.586. The highest BCUT2D eigenvalue weighted by molar-refractivity contribution is 7.84. The van der Waals surface area contributed by atoms with Crippen LogP contribution < -0.4 is 16.8 Å². The quantitative estimate of drug-likeness (QED) is 0.404. The molecule has 1 aliphatic heterocycles. The second-order valence-corrected chi connectivity index (χ2v) is 11.9. The molecule has 0 spiro atoms. The number of nitrogens with zero attached hydrogens (tertiary/aromatic N) is 1. The highest BCUT2D eigenvalue weighted by Crippen LogP contribution is 2.36. The Morgan fingerprint density at radius 1 is 1.22 bits per heavy atom. The van der Waals surface area contributed by atoms with Gasteiger partial charge >= 0.3 is 0 Å². The molecule has 1 fully saturated rings. The van der Waals surface area contributed by atoms with E-state index in [2.05, 4.69) is 26.1 Å². The second-order valence-electron chi connectivity index (χ2n) is 10.6. The SMILES string of the molecule is CC/C1=C(C(C)CCC2CCC(CN)CC2)/N=C(Nc2cccc(S(C)=O)c2)/C(C(N)=O)=C/CC1C. The van der Waals surface area contributed by atoms with Gasteiger partial charge in [-0.1, -0.05) is 45.8 Å². The molecule has 0 radical (unpaired) electrons. The lowest BCUT2D eigenvalue weighted by Gasteiger charge is -2.29. The normalized spacial score (nSPS) is 29.6. The van der Waals surface area contributed by atoms with E-state index in [4.69, 9.17) is 16.5 Å². The number of nitrogens with one attached hydrogen (secondary N) is 1. The number of primary amides is 1. The topological polar surface area (TPSA) is 111 Å². The maximum absolute atomic E-state index is 12.5. The van der Waals surface area contributed by atoms with Crippen LogP contribution in [0.1, 0.15) is 72.1 Å². The third-order valence-electron chi connectivity index (χ3n) is 7.94. The van der Waals surface area contributed by atoms with E-state index in [1.54, 1.807) is 6.26 Å². The molecule has 198 valence electrons. The van der Waals surface area contributed by atoms with Gasteiger partial charge in [-0.2, -0.15) is 0 Å². The summed E-state index contributed by atoms with van der Waals surface area (Å²) in [6.45, 7) is 7.48. The number of nitrogens with two attached hydrogens (primary N) is 2. The predicted molar refractivity (Wildman–Crippen MR) is 151 cm³/mol. The zero-order valence-corrected chi connectivity index (χ0v) is 23.2. The average Bonchev–Trinajstić information content (AvgIpc) is 2.86. The molecule has 1 amide bonds. The Bertz CT molecular complexity index is 1040. The number of anilines is 1. The van der Waals surface area contributed by atoms with Crippen molar-refractivity contribution in [2.75, 3.05) is 18.1 Å². The van der Waals surface area contributed by atoms with Crippen LogP contribution in [0.4, 0.5) is 5.69 Å². The van der Waals surface area contributed by atoms with Gasteiger partial charge in [-0.15, -0.1) is 0 Å². The number of amidine groups is 1. The van der Waals surface area contributed by atoms with E-state index in [0.29, 0.717) is 22.2 Å². The van der Waals surface area contributed by atoms with Crippen LogP contribution in [0.25, 0.3) is 0 Å². The van der Waals surface area contributed by atoms with Crippen molar-refractivity contribution >= 4 is 28.2 Å². The number of hydrogen-bond donors (Lipinski definition) is 3. The van der Waals surface area contributed by atoms with Crippen molar-refractivity contribution in [3.63, 3.8) is 0 Å². The van der Waals surface area contributed by atoms with Crippen LogP contribution in [-0.2, 0) is 15.6 Å². The average molecular weight is 513 g/mol. The molecule has 0 saturated heterocycles. The van der Waals surface area contributed by atoms with Crippen LogP contribution in [0.2, 0.25) is 0 Å². The highest BCUT2D eigenvalue weighted by Gasteiger charge is 2.26. The van der Waals surface area contributed by atoms with Gasteiger partial charge in [0.25, 0.3) is 5.91 Å². The van der Waals surface area contributed by atoms with E-state index in [0.717, 1.165) is 43.1 Å². The zero-order valence-electron chi connectivity index (χ0n) is 22.4. The smallest absolute Gasteiger partial charge is 0.252 e. The fourth-order valence-electron chi connectivity index (χ4n) is 5.57. The van der Waals surface area contributed by atoms with E-state index < -0.39 is 16.7 Å². The van der Waals surface area contributed by atoms with Crippen molar-refractivity contribution in [1.29, 1.82) is 0 Å². The van der Waals surface area contributed by atoms with Gasteiger partial charge in [-0.05, 0) is 92.5 Å². The number of benzene rings is 1. The third-order valence-corrected chi connectivity index (χ3v) is 8.85. The van der Waals surface area contributed by atoms with Crippen LogP contribution in [0.3, 0.4) is 0 Å². The zero-order chi connectivity index (χ0) is 26.2. The number of rotatable bonds is 9. The Morgan fingerprint density at radius 2 is 1.92 bits per heavy atom. The van der Waals surface area contributed by atoms with Gasteiger partial charge in [0.2, 0.25) is 0 Å². The summed E-state index contributed by atoms with van der Waals surface area (Å²) < 4.78 is 12.0. The Labute approximate surface area is 219 Å². The molecular weight excluding hydrogens is 468 g/mol. The molecule has 7 heteroatoms. The first-order chi connectivity index (χ1) is 17.2. The maximum Gasteiger partial charge on any atom is 0.252 e. The van der Waals surface area contributed by atoms with Crippen LogP contribution in [-0.4, -0.2) is 28.8 Å². The summed E-state index contributed by atoms with van der Waals surface area (Å²) in [5.74, 6) is 2.00. The van der Waals surface area contributed by atoms with E-state index in [1.165, 1.54) is 37.7 Å². The number of allylic oxidation sites excluding steroid dienone is 3. The monoisotopic (exact) mass is 512 g/mol. The first-order valence-corrected chi connectivity index (χ1v) is 15.0. The lowest BCUT2D eigenvalue weighted by molar-refractivity contribution is -0.114. The minimum Gasteiger partial charge on any atom is -0.365 e. The van der Waals surface area contributed by atoms with Crippen LogP contribution in [0, 0.1) is 23.7 Å². The van der Waals surface area contributed by atoms with E-state index in [1.807, 2.05) is 30.3 Å². The van der Waals surface area contributed by atoms with Crippen molar-refractivity contribution < 1.29 is 9.00 Å². The fourth-order valence-corrected chi connectivity index (χ4v) is 6.14. The standard InChI is InChI=1S/C29H44N4O2S/c1-5-25-19(2)10-16-26(28(31)34)29(32-23-7-6-8-24(17-23)36(4)35)33-27(25)20(3)9-11-21-12-14-22(18-30)15-13-21/h6-8,16-17,19-22H,5,9-15,18,30H2,1-4H3,(H2,31,34)(H,32,33)/b26-16+,27-25-. The van der Waals surface area contributed by atoms with Gasteiger partial charge < -0.3 is 16.8 Å². The minimum absolute atomic E-state index is 0.271. The summed E-state index contributed by atoms with van der Waals surface area (Å²) in [5, 5.41) is 3.34. The van der Waals surface area contributed by atoms with Crippen LogP contribution in [0.15, 0.2) is 57.1 Å². The molecule has 1 aliphatic carbocycles. The van der Waals surface area contributed by atoms with Gasteiger partial charge in [0.15, 0.2) is 0 Å². The third kappa shape index (κ3) is 7.39. The van der Waals surface area contributed by atoms with Gasteiger partial charge in [0.05, 0.1) is 5.57 Å². The minimum atomic E-state index is -1.11. The summed E-state index contributed by atoms with van der Waals surface area (Å²) >= 11 is 0. The Kier molecular flexibility index (Phi) is 10.5. The van der Waals surface area contributed by atoms with Crippen LogP contribution in [0.5, 0.6) is 0 Å². The van der Waals surface area contributed by atoms with Crippen molar-refractivity contribution in [1.82, 2.24) is 0 Å². The molecule has 1 aromatic carbocycles. The number of hydrogen-bond acceptors (Lipinski definition) is 5. The van der Waals surface area contributed by atoms with E-state index in [9.17, 15) is 9.00 Å². The molecular formula is C29H44N4O2S. The number of aliphatic imine (C=N–C) groups is 1. The van der Waals surface area contributed by atoms with Gasteiger partial charge in [0, 0.05) is 33.3 Å². The maximum atomic E-state index is 12.5. The van der Waals surface area contributed by atoms with Crippen molar-refractivity contribution in [3.8, 4) is 0 Å². The Balaban J connectivity index is 1.91. The van der Waals surface area contributed by atoms with Gasteiger partial charge in [-0.3, -0.25) is 9.00 Å². The first-order valence-electron chi connectivity index (χ1n) is 13.5. The molecule has 0 bridgehead atoms. The summed E-state index contributed by atoms with van der Waals surface area (Å²) in [6, 6.07) is 7.42. The van der Waals surface area contributed by atoms with Crippen molar-refractivity contribution in [2.45, 2.75) is 77.0 Å². The molecule has 1 aromatic rings. The summed E-state index contributed by atoms with van der Waals surface area (Å²) in [4.78, 5) is 18.3. The molecule has 3 rings (SSSR count). The summed E-state index contributed by atoms with van der Waals surface area (Å²) in [7, 11) is -1.11. The van der Waals surface area contributed by atoms with E-state index >= 15 is 0 Å². The molecule has 2 aliphatic rings. The van der Waals surface area contributed by atoms with Crippen molar-refractivity contribution in [2.24, 2.45) is 40.1 Å². The second kappa shape index (κ2) is 13.3. The first kappa shape index (κ1) is 28.3. The number of carbonyl (C=O) groups excluding carboxylic acids is 1. The lowest BCUT2D eigenvalue weighted by atomic mass is 9.78. The highest BCUT2D eigenvalue weighted by atomic mass is 32.2. The number of carbonyl (C=O) groups is 1. The summed E-state index contributed by atoms with van der Waals surface area (Å²) in [5.41, 5.74) is 15.3. The molecule has 36 heavy (non-hydrogen) atoms. The predicted octanol–water partition coefficient (Wildman–Crippen LogP) is 5.53. The van der Waals surface area contributed by atoms with E-state index in [-0.39, 0.29) is 11.8 Å². The molecule has 5 N–H and O–H groups in total. The number of amides is 1. The molecule has 1 heterocycles. The largest absolute Gasteiger partial charge is 0.365 e. The lowest BCUT2D eigenvalue weighted by Crippen LogP contribution is -2.28. The molecule has 3 atom stereocenters. The summed E-state index contributed by atoms with van der Waals surface area (Å²) in [6.07, 6.45) is 12.5. The Morgan fingerprint density at radius 3 is 2.53 bits per heavy atom. The molecule has 1 saturated carbocycles. The molecule has 3 unspecified atom stereocenters.